The van der Waals surface area contributed by atoms with Crippen LogP contribution in [0.3, 0.4) is 0 Å². The fourth-order valence-corrected chi connectivity index (χ4v) is 3.16. The molecule has 0 aliphatic rings. The monoisotopic (exact) mass is 353 g/mol. The van der Waals surface area contributed by atoms with Crippen LogP contribution in [0.15, 0.2) is 42.6 Å². The molecule has 0 fully saturated rings. The molecule has 2 nitrogen and oxygen atoms in total. The highest BCUT2D eigenvalue weighted by atomic mass is 16.5. The van der Waals surface area contributed by atoms with Crippen LogP contribution in [0.2, 0.25) is 0 Å². The Kier molecular flexibility index (Phi) is 9.23. The zero-order chi connectivity index (χ0) is 18.6. The summed E-state index contributed by atoms with van der Waals surface area (Å²) in [7, 11) is 0. The lowest BCUT2D eigenvalue weighted by atomic mass is 10.0. The maximum atomic E-state index is 6.10. The van der Waals surface area contributed by atoms with Gasteiger partial charge in [-0.3, -0.25) is 4.98 Å². The van der Waals surface area contributed by atoms with Gasteiger partial charge in [-0.15, -0.1) is 0 Å². The number of aryl methyl sites for hydroxylation is 1. The molecule has 1 aromatic carbocycles. The molecular weight excluding hydrogens is 318 g/mol. The van der Waals surface area contributed by atoms with Crippen molar-refractivity contribution in [2.75, 3.05) is 6.61 Å². The maximum absolute atomic E-state index is 6.10. The minimum atomic E-state index is 0.776. The van der Waals surface area contributed by atoms with E-state index < -0.39 is 0 Å². The first-order chi connectivity index (χ1) is 12.7. The van der Waals surface area contributed by atoms with Crippen LogP contribution in [0.5, 0.6) is 5.75 Å². The van der Waals surface area contributed by atoms with E-state index in [4.69, 9.17) is 4.74 Å². The number of benzene rings is 1. The standard InChI is InChI=1S/C24H35NO/c1-4-6-7-8-13-21-16-17-25-23(19-21)22-14-9-10-15-24(22)26-18-11-12-20(3)5-2/h9-10,14-17,19-20H,4-8,11-13,18H2,1-3H3. The summed E-state index contributed by atoms with van der Waals surface area (Å²) in [5.74, 6) is 1.73. The van der Waals surface area contributed by atoms with E-state index in [1.54, 1.807) is 0 Å². The van der Waals surface area contributed by atoms with E-state index >= 15 is 0 Å². The van der Waals surface area contributed by atoms with E-state index in [9.17, 15) is 0 Å². The first-order valence-electron chi connectivity index (χ1n) is 10.4. The summed E-state index contributed by atoms with van der Waals surface area (Å²) in [5.41, 5.74) is 3.50. The third-order valence-electron chi connectivity index (χ3n) is 5.10. The number of hydrogen-bond donors (Lipinski definition) is 0. The number of unbranched alkanes of at least 4 members (excludes halogenated alkanes) is 3. The first-order valence-corrected chi connectivity index (χ1v) is 10.4. The second kappa shape index (κ2) is 11.7. The van der Waals surface area contributed by atoms with Crippen LogP contribution in [0, 0.1) is 5.92 Å². The Morgan fingerprint density at radius 3 is 2.65 bits per heavy atom. The summed E-state index contributed by atoms with van der Waals surface area (Å²) in [4.78, 5) is 4.60. The van der Waals surface area contributed by atoms with Gasteiger partial charge in [0.2, 0.25) is 0 Å². The molecule has 26 heavy (non-hydrogen) atoms. The van der Waals surface area contributed by atoms with Crippen LogP contribution in [-0.4, -0.2) is 11.6 Å². The second-order valence-electron chi connectivity index (χ2n) is 7.36. The summed E-state index contributed by atoms with van der Waals surface area (Å²) in [6.45, 7) is 7.59. The van der Waals surface area contributed by atoms with Crippen LogP contribution in [0.1, 0.15) is 71.3 Å². The van der Waals surface area contributed by atoms with Crippen LogP contribution in [0.4, 0.5) is 0 Å². The van der Waals surface area contributed by atoms with E-state index in [0.717, 1.165) is 42.4 Å². The maximum Gasteiger partial charge on any atom is 0.128 e. The van der Waals surface area contributed by atoms with Gasteiger partial charge in [-0.05, 0) is 61.4 Å². The number of rotatable bonds is 12. The third-order valence-corrected chi connectivity index (χ3v) is 5.10. The number of para-hydroxylation sites is 1. The van der Waals surface area contributed by atoms with Gasteiger partial charge in [0.1, 0.15) is 5.75 Å². The molecule has 0 saturated heterocycles. The predicted octanol–water partition coefficient (Wildman–Crippen LogP) is 7.08. The van der Waals surface area contributed by atoms with E-state index in [1.807, 2.05) is 12.3 Å². The van der Waals surface area contributed by atoms with Gasteiger partial charge in [0.05, 0.1) is 12.3 Å². The highest BCUT2D eigenvalue weighted by Gasteiger charge is 2.08. The van der Waals surface area contributed by atoms with Crippen molar-refractivity contribution in [3.63, 3.8) is 0 Å². The quantitative estimate of drug-likeness (QED) is 0.380. The molecule has 2 rings (SSSR count). The molecule has 1 heterocycles. The summed E-state index contributed by atoms with van der Waals surface area (Å²) < 4.78 is 6.10. The van der Waals surface area contributed by atoms with Crippen molar-refractivity contribution < 1.29 is 4.74 Å². The molecule has 2 aromatic rings. The Labute approximate surface area is 160 Å². The SMILES string of the molecule is CCCCCCc1ccnc(-c2ccccc2OCCCC(C)CC)c1. The molecule has 0 bridgehead atoms. The molecule has 0 saturated carbocycles. The number of pyridine rings is 1. The zero-order valence-corrected chi connectivity index (χ0v) is 16.8. The van der Waals surface area contributed by atoms with Crippen molar-refractivity contribution in [3.8, 4) is 17.0 Å². The normalized spacial score (nSPS) is 12.1. The molecule has 2 heteroatoms. The fourth-order valence-electron chi connectivity index (χ4n) is 3.16. The lowest BCUT2D eigenvalue weighted by Crippen LogP contribution is -2.02. The Hall–Kier alpha value is -1.83. The van der Waals surface area contributed by atoms with Gasteiger partial charge < -0.3 is 4.74 Å². The lowest BCUT2D eigenvalue weighted by molar-refractivity contribution is 0.295. The number of aromatic nitrogens is 1. The first kappa shape index (κ1) is 20.5. The molecule has 1 aromatic heterocycles. The smallest absolute Gasteiger partial charge is 0.128 e. The molecule has 0 spiro atoms. The molecule has 0 amide bonds. The highest BCUT2D eigenvalue weighted by molar-refractivity contribution is 5.67. The average Bonchev–Trinajstić information content (AvgIpc) is 2.69. The molecular formula is C24H35NO. The summed E-state index contributed by atoms with van der Waals surface area (Å²) in [5, 5.41) is 0. The fraction of sp³-hybridized carbons (Fsp3) is 0.542. The molecule has 0 aliphatic heterocycles. The Balaban J connectivity index is 1.99. The summed E-state index contributed by atoms with van der Waals surface area (Å²) in [6.07, 6.45) is 11.8. The van der Waals surface area contributed by atoms with Crippen LogP contribution < -0.4 is 4.74 Å². The number of ether oxygens (including phenoxy) is 1. The van der Waals surface area contributed by atoms with Crippen LogP contribution >= 0.6 is 0 Å². The minimum absolute atomic E-state index is 0.776. The molecule has 1 unspecified atom stereocenters. The van der Waals surface area contributed by atoms with Gasteiger partial charge in [0.25, 0.3) is 0 Å². The van der Waals surface area contributed by atoms with Crippen molar-refractivity contribution in [1.29, 1.82) is 0 Å². The minimum Gasteiger partial charge on any atom is -0.493 e. The topological polar surface area (TPSA) is 22.1 Å². The van der Waals surface area contributed by atoms with Gasteiger partial charge >= 0.3 is 0 Å². The molecule has 1 atom stereocenters. The van der Waals surface area contributed by atoms with E-state index in [-0.39, 0.29) is 0 Å². The van der Waals surface area contributed by atoms with Crippen molar-refractivity contribution in [3.05, 3.63) is 48.2 Å². The highest BCUT2D eigenvalue weighted by Crippen LogP contribution is 2.29. The Bertz CT molecular complexity index is 638. The van der Waals surface area contributed by atoms with Gasteiger partial charge in [-0.1, -0.05) is 58.6 Å². The third kappa shape index (κ3) is 6.82. The van der Waals surface area contributed by atoms with Crippen molar-refractivity contribution in [1.82, 2.24) is 4.98 Å². The zero-order valence-electron chi connectivity index (χ0n) is 16.8. The largest absolute Gasteiger partial charge is 0.493 e. The lowest BCUT2D eigenvalue weighted by Gasteiger charge is -2.13. The van der Waals surface area contributed by atoms with Crippen LogP contribution in [-0.2, 0) is 6.42 Å². The number of nitrogens with zero attached hydrogens (tertiary/aromatic N) is 1. The average molecular weight is 354 g/mol. The van der Waals surface area contributed by atoms with Gasteiger partial charge in [-0.25, -0.2) is 0 Å². The Morgan fingerprint density at radius 1 is 1.00 bits per heavy atom. The van der Waals surface area contributed by atoms with Crippen molar-refractivity contribution >= 4 is 0 Å². The van der Waals surface area contributed by atoms with Gasteiger partial charge in [-0.2, -0.15) is 0 Å². The van der Waals surface area contributed by atoms with Crippen molar-refractivity contribution in [2.24, 2.45) is 5.92 Å². The molecule has 0 radical (unpaired) electrons. The second-order valence-corrected chi connectivity index (χ2v) is 7.36. The van der Waals surface area contributed by atoms with Gasteiger partial charge in [0, 0.05) is 11.8 Å². The van der Waals surface area contributed by atoms with Crippen molar-refractivity contribution in [2.45, 2.75) is 72.1 Å². The van der Waals surface area contributed by atoms with E-state index in [0.29, 0.717) is 0 Å². The van der Waals surface area contributed by atoms with Crippen LogP contribution in [0.25, 0.3) is 11.3 Å². The number of hydrogen-bond acceptors (Lipinski definition) is 2. The molecule has 0 aliphatic carbocycles. The molecule has 142 valence electrons. The molecule has 0 N–H and O–H groups in total. The van der Waals surface area contributed by atoms with Gasteiger partial charge in [0.15, 0.2) is 0 Å². The summed E-state index contributed by atoms with van der Waals surface area (Å²) >= 11 is 0. The van der Waals surface area contributed by atoms with E-state index in [2.05, 4.69) is 56.1 Å². The summed E-state index contributed by atoms with van der Waals surface area (Å²) in [6, 6.07) is 12.7. The Morgan fingerprint density at radius 2 is 1.85 bits per heavy atom. The predicted molar refractivity (Wildman–Crippen MR) is 112 cm³/mol. The van der Waals surface area contributed by atoms with E-state index in [1.165, 1.54) is 44.1 Å².